The van der Waals surface area contributed by atoms with Crippen molar-refractivity contribution in [3.05, 3.63) is 24.3 Å². The third kappa shape index (κ3) is 36.1. The summed E-state index contributed by atoms with van der Waals surface area (Å²) in [5.74, 6) is -0.328. The maximum atomic E-state index is 12.6. The van der Waals surface area contributed by atoms with E-state index in [9.17, 15) is 14.3 Å². The highest BCUT2D eigenvalue weighted by Gasteiger charge is 2.26. The lowest BCUT2D eigenvalue weighted by molar-refractivity contribution is -0.870. The lowest BCUT2D eigenvalue weighted by Crippen LogP contribution is -2.37. The van der Waals surface area contributed by atoms with E-state index in [1.54, 1.807) is 0 Å². The van der Waals surface area contributed by atoms with Gasteiger partial charge in [-0.15, -0.1) is 0 Å². The Balaban J connectivity index is 4.33. The molecule has 1 N–H and O–H groups in total. The standard InChI is InChI=1S/C38H74NO7P/c1-6-8-10-12-14-16-18-19-20-21-23-25-27-29-31-38(40)46-37(36-45-47(41,42)44-34-32-39(3,4)5)35-43-33-30-28-26-24-22-17-15-13-11-9-7-2/h12,14,18-19,37H,6-11,13,15-17,20-36H2,1-5H3/p+1/b14-12-,19-18-. The van der Waals surface area contributed by atoms with Crippen molar-refractivity contribution < 1.29 is 37.3 Å². The molecule has 0 radical (unpaired) electrons. The number of ether oxygens (including phenoxy) is 2. The largest absolute Gasteiger partial charge is 0.472 e. The van der Waals surface area contributed by atoms with Crippen molar-refractivity contribution in [3.8, 4) is 0 Å². The number of phosphoric acid groups is 1. The Morgan fingerprint density at radius 3 is 1.79 bits per heavy atom. The van der Waals surface area contributed by atoms with Crippen LogP contribution in [0.4, 0.5) is 0 Å². The monoisotopic (exact) mass is 689 g/mol. The van der Waals surface area contributed by atoms with Crippen LogP contribution in [0.1, 0.15) is 155 Å². The molecule has 0 saturated carbocycles. The second-order valence-electron chi connectivity index (χ2n) is 14.0. The van der Waals surface area contributed by atoms with Gasteiger partial charge in [0.2, 0.25) is 0 Å². The summed E-state index contributed by atoms with van der Waals surface area (Å²) in [6.07, 6.45) is 33.4. The van der Waals surface area contributed by atoms with Gasteiger partial charge in [-0.25, -0.2) is 4.57 Å². The van der Waals surface area contributed by atoms with Gasteiger partial charge in [-0.1, -0.05) is 134 Å². The van der Waals surface area contributed by atoms with Gasteiger partial charge in [0.15, 0.2) is 0 Å². The average molecular weight is 689 g/mol. The fourth-order valence-electron chi connectivity index (χ4n) is 4.98. The van der Waals surface area contributed by atoms with Crippen LogP contribution < -0.4 is 0 Å². The van der Waals surface area contributed by atoms with E-state index in [2.05, 4.69) is 38.2 Å². The van der Waals surface area contributed by atoms with Crippen molar-refractivity contribution in [3.63, 3.8) is 0 Å². The number of hydrogen-bond acceptors (Lipinski definition) is 6. The van der Waals surface area contributed by atoms with E-state index in [1.165, 1.54) is 77.0 Å². The van der Waals surface area contributed by atoms with Crippen molar-refractivity contribution in [2.75, 3.05) is 54.1 Å². The Morgan fingerprint density at radius 2 is 1.19 bits per heavy atom. The lowest BCUT2D eigenvalue weighted by atomic mass is 10.1. The molecule has 0 aromatic heterocycles. The Morgan fingerprint density at radius 1 is 0.660 bits per heavy atom. The van der Waals surface area contributed by atoms with E-state index in [1.807, 2.05) is 21.1 Å². The molecule has 0 aromatic rings. The molecule has 0 aliphatic carbocycles. The second-order valence-corrected chi connectivity index (χ2v) is 15.4. The molecule has 278 valence electrons. The molecule has 0 amide bonds. The average Bonchev–Trinajstić information content (AvgIpc) is 3.01. The zero-order chi connectivity index (χ0) is 34.9. The smallest absolute Gasteiger partial charge is 0.457 e. The number of carbonyl (C=O) groups is 1. The number of quaternary nitrogens is 1. The summed E-state index contributed by atoms with van der Waals surface area (Å²) in [6.45, 7) is 5.56. The lowest BCUT2D eigenvalue weighted by Gasteiger charge is -2.24. The zero-order valence-electron chi connectivity index (χ0n) is 31.3. The number of unbranched alkanes of at least 4 members (excludes halogenated alkanes) is 17. The fraction of sp³-hybridized carbons (Fsp3) is 0.868. The molecule has 2 atom stereocenters. The molecule has 0 aromatic carbocycles. The summed E-state index contributed by atoms with van der Waals surface area (Å²) >= 11 is 0. The number of likely N-dealkylation sites (N-methyl/N-ethyl adjacent to an activating group) is 1. The molecule has 0 rings (SSSR count). The van der Waals surface area contributed by atoms with E-state index < -0.39 is 13.9 Å². The molecule has 0 aliphatic rings. The van der Waals surface area contributed by atoms with Crippen molar-refractivity contribution in [2.24, 2.45) is 0 Å². The predicted molar refractivity (Wildman–Crippen MR) is 197 cm³/mol. The number of hydrogen-bond donors (Lipinski definition) is 1. The number of rotatable bonds is 35. The third-order valence-electron chi connectivity index (χ3n) is 8.02. The molecule has 0 bridgehead atoms. The summed E-state index contributed by atoms with van der Waals surface area (Å²) in [7, 11) is 1.66. The number of carbonyl (C=O) groups excluding carboxylic acids is 1. The van der Waals surface area contributed by atoms with Crippen molar-refractivity contribution in [1.82, 2.24) is 0 Å². The molecule has 8 nitrogen and oxygen atoms in total. The molecular formula is C38H75NO7P+. The van der Waals surface area contributed by atoms with Crippen LogP contribution in [-0.4, -0.2) is 75.6 Å². The van der Waals surface area contributed by atoms with Crippen LogP contribution in [0, 0.1) is 0 Å². The Bertz CT molecular complexity index is 812. The van der Waals surface area contributed by atoms with Gasteiger partial charge in [0.05, 0.1) is 34.4 Å². The minimum Gasteiger partial charge on any atom is -0.457 e. The van der Waals surface area contributed by atoms with E-state index >= 15 is 0 Å². The minimum atomic E-state index is -4.26. The van der Waals surface area contributed by atoms with Gasteiger partial charge >= 0.3 is 13.8 Å². The first kappa shape index (κ1) is 46.0. The molecule has 0 heterocycles. The molecule has 0 saturated heterocycles. The van der Waals surface area contributed by atoms with Gasteiger partial charge in [-0.05, 0) is 38.5 Å². The van der Waals surface area contributed by atoms with E-state index in [0.717, 1.165) is 57.8 Å². The maximum Gasteiger partial charge on any atom is 0.472 e. The highest BCUT2D eigenvalue weighted by Crippen LogP contribution is 2.43. The third-order valence-corrected chi connectivity index (χ3v) is 9.00. The van der Waals surface area contributed by atoms with Crippen LogP contribution in [0.3, 0.4) is 0 Å². The Labute approximate surface area is 290 Å². The van der Waals surface area contributed by atoms with Gasteiger partial charge in [-0.3, -0.25) is 13.8 Å². The van der Waals surface area contributed by atoms with E-state index in [0.29, 0.717) is 24.1 Å². The zero-order valence-corrected chi connectivity index (χ0v) is 32.2. The molecule has 2 unspecified atom stereocenters. The molecular weight excluding hydrogens is 613 g/mol. The molecule has 0 spiro atoms. The van der Waals surface area contributed by atoms with Crippen LogP contribution in [0.15, 0.2) is 24.3 Å². The van der Waals surface area contributed by atoms with Gasteiger partial charge < -0.3 is 18.9 Å². The van der Waals surface area contributed by atoms with Crippen LogP contribution in [-0.2, 0) is 27.9 Å². The predicted octanol–water partition coefficient (Wildman–Crippen LogP) is 10.5. The summed E-state index contributed by atoms with van der Waals surface area (Å²) < 4.78 is 34.8. The number of phosphoric ester groups is 1. The quantitative estimate of drug-likeness (QED) is 0.0233. The summed E-state index contributed by atoms with van der Waals surface area (Å²) in [5, 5.41) is 0. The van der Waals surface area contributed by atoms with Gasteiger partial charge in [0.25, 0.3) is 0 Å². The summed E-state index contributed by atoms with van der Waals surface area (Å²) in [6, 6.07) is 0. The maximum absolute atomic E-state index is 12.6. The number of nitrogens with zero attached hydrogens (tertiary/aromatic N) is 1. The van der Waals surface area contributed by atoms with Crippen LogP contribution in [0.25, 0.3) is 0 Å². The Kier molecular flexibility index (Phi) is 31.5. The SMILES string of the molecule is CCCC/C=C\C/C=C\CCCCCCCC(=O)OC(COCCCCCCCCCCCCC)COP(=O)(O)OCC[N+](C)(C)C. The van der Waals surface area contributed by atoms with E-state index in [4.69, 9.17) is 18.5 Å². The fourth-order valence-corrected chi connectivity index (χ4v) is 5.72. The first-order chi connectivity index (χ1) is 22.6. The molecule has 0 aliphatic heterocycles. The van der Waals surface area contributed by atoms with Crippen molar-refractivity contribution in [1.29, 1.82) is 0 Å². The minimum absolute atomic E-state index is 0.0871. The number of esters is 1. The van der Waals surface area contributed by atoms with Gasteiger partial charge in [0, 0.05) is 13.0 Å². The topological polar surface area (TPSA) is 91.3 Å². The van der Waals surface area contributed by atoms with Gasteiger partial charge in [0.1, 0.15) is 19.3 Å². The van der Waals surface area contributed by atoms with Gasteiger partial charge in [-0.2, -0.15) is 0 Å². The summed E-state index contributed by atoms with van der Waals surface area (Å²) in [4.78, 5) is 22.7. The molecule has 0 fully saturated rings. The summed E-state index contributed by atoms with van der Waals surface area (Å²) in [5.41, 5.74) is 0. The number of allylic oxidation sites excluding steroid dienone is 4. The molecule has 9 heteroatoms. The van der Waals surface area contributed by atoms with E-state index in [-0.39, 0.29) is 25.8 Å². The van der Waals surface area contributed by atoms with Crippen molar-refractivity contribution in [2.45, 2.75) is 161 Å². The van der Waals surface area contributed by atoms with Crippen LogP contribution >= 0.6 is 7.82 Å². The first-order valence-corrected chi connectivity index (χ1v) is 20.6. The highest BCUT2D eigenvalue weighted by atomic mass is 31.2. The van der Waals surface area contributed by atoms with Crippen LogP contribution in [0.5, 0.6) is 0 Å². The van der Waals surface area contributed by atoms with Crippen molar-refractivity contribution >= 4 is 13.8 Å². The normalized spacial score (nSPS) is 14.3. The molecule has 47 heavy (non-hydrogen) atoms. The van der Waals surface area contributed by atoms with Crippen LogP contribution in [0.2, 0.25) is 0 Å². The second kappa shape index (κ2) is 32.2. The Hall–Kier alpha value is -1.02. The highest BCUT2D eigenvalue weighted by molar-refractivity contribution is 7.47. The first-order valence-electron chi connectivity index (χ1n) is 19.1.